The molecule has 1 aliphatic carbocycles. The summed E-state index contributed by atoms with van der Waals surface area (Å²) >= 11 is 7.00. The predicted molar refractivity (Wildman–Crippen MR) is 126 cm³/mol. The Labute approximate surface area is 200 Å². The molecule has 3 N–H and O–H groups in total. The molecule has 0 aromatic rings. The molecule has 0 spiro atoms. The lowest BCUT2D eigenvalue weighted by Gasteiger charge is -2.28. The number of alkyl halides is 2. The highest BCUT2D eigenvalue weighted by Gasteiger charge is 2.26. The highest BCUT2D eigenvalue weighted by Crippen LogP contribution is 2.27. The van der Waals surface area contributed by atoms with E-state index < -0.39 is 18.0 Å². The number of hydrogen-bond donors (Lipinski definition) is 3. The number of methoxy groups -OCH3 is 1. The van der Waals surface area contributed by atoms with Crippen molar-refractivity contribution < 1.29 is 23.9 Å². The molecule has 0 unspecified atom stereocenters. The molecule has 8 nitrogen and oxygen atoms in total. The Kier molecular flexibility index (Phi) is 13.0. The van der Waals surface area contributed by atoms with Gasteiger partial charge in [-0.15, -0.1) is 0 Å². The Morgan fingerprint density at radius 1 is 1.06 bits per heavy atom. The zero-order chi connectivity index (χ0) is 23.4. The summed E-state index contributed by atoms with van der Waals surface area (Å²) in [5.74, 6) is -0.824. The summed E-state index contributed by atoms with van der Waals surface area (Å²) in [6.45, 7) is 3.19. The summed E-state index contributed by atoms with van der Waals surface area (Å²) < 4.78 is 4.55. The summed E-state index contributed by atoms with van der Waals surface area (Å²) in [5.41, 5.74) is 1.25. The van der Waals surface area contributed by atoms with Crippen LogP contribution in [0.4, 0.5) is 0 Å². The van der Waals surface area contributed by atoms with Gasteiger partial charge in [0.2, 0.25) is 17.7 Å². The van der Waals surface area contributed by atoms with E-state index in [1.807, 2.05) is 0 Å². The van der Waals surface area contributed by atoms with Crippen molar-refractivity contribution in [2.45, 2.75) is 70.5 Å². The molecular weight excluding hydrogens is 534 g/mol. The van der Waals surface area contributed by atoms with Crippen LogP contribution >= 0.6 is 31.9 Å². The van der Waals surface area contributed by atoms with Crippen LogP contribution in [-0.2, 0) is 23.9 Å². The molecule has 1 rings (SSSR count). The largest absolute Gasteiger partial charge is 0.469 e. The van der Waals surface area contributed by atoms with Crippen LogP contribution in [0.3, 0.4) is 0 Å². The molecule has 31 heavy (non-hydrogen) atoms. The van der Waals surface area contributed by atoms with Crippen molar-refractivity contribution in [1.29, 1.82) is 0 Å². The molecule has 0 fully saturated rings. The smallest absolute Gasteiger partial charge is 0.305 e. The predicted octanol–water partition coefficient (Wildman–Crippen LogP) is 2.34. The Morgan fingerprint density at radius 2 is 1.71 bits per heavy atom. The Morgan fingerprint density at radius 3 is 2.32 bits per heavy atom. The number of carbonyl (C=O) groups excluding carboxylic acids is 4. The highest BCUT2D eigenvalue weighted by molar-refractivity contribution is 9.09. The number of amides is 3. The van der Waals surface area contributed by atoms with Crippen LogP contribution < -0.4 is 16.0 Å². The summed E-state index contributed by atoms with van der Waals surface area (Å²) in [6, 6.07) is -1.56. The molecule has 0 saturated heterocycles. The lowest BCUT2D eigenvalue weighted by atomic mass is 9.88. The fraction of sp³-hybridized carbons (Fsp3) is 0.714. The maximum absolute atomic E-state index is 12.5. The van der Waals surface area contributed by atoms with Gasteiger partial charge in [0.25, 0.3) is 0 Å². The summed E-state index contributed by atoms with van der Waals surface area (Å²) in [4.78, 5) is 47.9. The van der Waals surface area contributed by atoms with Crippen molar-refractivity contribution in [3.8, 4) is 0 Å². The van der Waals surface area contributed by atoms with Gasteiger partial charge >= 0.3 is 5.97 Å². The van der Waals surface area contributed by atoms with Gasteiger partial charge in [-0.3, -0.25) is 19.2 Å². The first-order valence-electron chi connectivity index (χ1n) is 10.5. The summed E-state index contributed by atoms with van der Waals surface area (Å²) in [5, 5.41) is 9.89. The van der Waals surface area contributed by atoms with Gasteiger partial charge in [0.05, 0.1) is 7.11 Å². The second kappa shape index (κ2) is 14.6. The number of rotatable bonds is 12. The fourth-order valence-corrected chi connectivity index (χ4v) is 4.21. The van der Waals surface area contributed by atoms with Crippen molar-refractivity contribution >= 4 is 55.6 Å². The lowest BCUT2D eigenvalue weighted by molar-refractivity contribution is -0.140. The normalized spacial score (nSPS) is 20.1. The van der Waals surface area contributed by atoms with Crippen molar-refractivity contribution in [3.05, 3.63) is 11.6 Å². The molecule has 1 aliphatic rings. The first kappa shape index (κ1) is 27.6. The van der Waals surface area contributed by atoms with Crippen LogP contribution in [-0.4, -0.2) is 59.6 Å². The molecule has 0 aromatic heterocycles. The number of esters is 1. The van der Waals surface area contributed by atoms with Gasteiger partial charge in [-0.25, -0.2) is 0 Å². The van der Waals surface area contributed by atoms with Crippen LogP contribution in [0.1, 0.15) is 52.4 Å². The lowest BCUT2D eigenvalue weighted by Crippen LogP contribution is -2.53. The summed E-state index contributed by atoms with van der Waals surface area (Å²) in [6.07, 6.45) is 5.45. The van der Waals surface area contributed by atoms with Crippen molar-refractivity contribution in [2.75, 3.05) is 17.8 Å². The minimum absolute atomic E-state index is 0.0715. The van der Waals surface area contributed by atoms with Crippen molar-refractivity contribution in [2.24, 2.45) is 5.92 Å². The summed E-state index contributed by atoms with van der Waals surface area (Å²) in [7, 11) is 1.32. The number of unbranched alkanes of at least 4 members (excludes halogenated alkanes) is 1. The standard InChI is InChI=1S/C21H33Br2N3O5/c1-13(24-18(27)6-4-5-7-19(28)31-3)20(29)25-14(2)21(30)26-17-9-15(11-22)8-16(10-17)12-23/h9,13-14,16-17H,4-8,10-12H2,1-3H3,(H,24,27)(H,25,29)(H,26,30)/t13-,14-,16-,17+/m0/s1. The van der Waals surface area contributed by atoms with Gasteiger partial charge in [0.1, 0.15) is 12.1 Å². The Bertz CT molecular complexity index is 671. The average Bonchev–Trinajstić information content (AvgIpc) is 2.75. The van der Waals surface area contributed by atoms with Crippen molar-refractivity contribution in [1.82, 2.24) is 16.0 Å². The molecule has 3 amide bonds. The minimum Gasteiger partial charge on any atom is -0.469 e. The average molecular weight is 567 g/mol. The molecule has 4 atom stereocenters. The number of allylic oxidation sites excluding steroid dienone is 1. The number of nitrogens with one attached hydrogen (secondary N) is 3. The van der Waals surface area contributed by atoms with Gasteiger partial charge < -0.3 is 20.7 Å². The molecule has 0 radical (unpaired) electrons. The van der Waals surface area contributed by atoms with E-state index in [0.717, 1.165) is 23.5 Å². The monoisotopic (exact) mass is 565 g/mol. The van der Waals surface area contributed by atoms with E-state index in [1.54, 1.807) is 13.8 Å². The van der Waals surface area contributed by atoms with Gasteiger partial charge in [-0.1, -0.05) is 43.5 Å². The minimum atomic E-state index is -0.768. The molecule has 176 valence electrons. The van der Waals surface area contributed by atoms with Crippen molar-refractivity contribution in [3.63, 3.8) is 0 Å². The molecular formula is C21H33Br2N3O5. The maximum Gasteiger partial charge on any atom is 0.305 e. The van der Waals surface area contributed by atoms with E-state index in [-0.39, 0.29) is 36.7 Å². The molecule has 0 aromatic carbocycles. The SMILES string of the molecule is COC(=O)CCCCC(=O)N[C@@H](C)C(=O)N[C@@H](C)C(=O)N[C@@H]1C=C(CBr)C[C@H](CBr)C1. The first-order chi connectivity index (χ1) is 14.7. The molecule has 0 saturated carbocycles. The maximum atomic E-state index is 12.5. The topological polar surface area (TPSA) is 114 Å². The molecule has 0 heterocycles. The van der Waals surface area contributed by atoms with Crippen LogP contribution in [0.2, 0.25) is 0 Å². The zero-order valence-electron chi connectivity index (χ0n) is 18.3. The van der Waals surface area contributed by atoms with Crippen LogP contribution in [0, 0.1) is 5.92 Å². The van der Waals surface area contributed by atoms with Gasteiger partial charge in [0, 0.05) is 29.5 Å². The zero-order valence-corrected chi connectivity index (χ0v) is 21.5. The number of ether oxygens (including phenoxy) is 1. The highest BCUT2D eigenvalue weighted by atomic mass is 79.9. The van der Waals surface area contributed by atoms with Crippen LogP contribution in [0.25, 0.3) is 0 Å². The number of hydrogen-bond acceptors (Lipinski definition) is 5. The second-order valence-corrected chi connectivity index (χ2v) is 9.04. The van der Waals surface area contributed by atoms with E-state index in [2.05, 4.69) is 58.6 Å². The molecule has 0 aliphatic heterocycles. The first-order valence-corrected chi connectivity index (χ1v) is 12.7. The third-order valence-corrected chi connectivity index (χ3v) is 6.71. The number of carbonyl (C=O) groups is 4. The van der Waals surface area contributed by atoms with Gasteiger partial charge in [0.15, 0.2) is 0 Å². The Hall–Kier alpha value is -1.42. The number of halogens is 2. The van der Waals surface area contributed by atoms with Crippen LogP contribution in [0.5, 0.6) is 0 Å². The van der Waals surface area contributed by atoms with E-state index in [1.165, 1.54) is 12.7 Å². The Balaban J connectivity index is 2.41. The molecule has 10 heteroatoms. The van der Waals surface area contributed by atoms with E-state index in [9.17, 15) is 19.2 Å². The van der Waals surface area contributed by atoms with Gasteiger partial charge in [-0.05, 0) is 45.4 Å². The second-order valence-electron chi connectivity index (χ2n) is 7.84. The molecule has 0 bridgehead atoms. The fourth-order valence-electron chi connectivity index (χ4n) is 3.30. The van der Waals surface area contributed by atoms with Gasteiger partial charge in [-0.2, -0.15) is 0 Å². The third kappa shape index (κ3) is 10.6. The van der Waals surface area contributed by atoms with E-state index >= 15 is 0 Å². The quantitative estimate of drug-likeness (QED) is 0.145. The van der Waals surface area contributed by atoms with E-state index in [4.69, 9.17) is 0 Å². The van der Waals surface area contributed by atoms with Crippen LogP contribution in [0.15, 0.2) is 11.6 Å². The van der Waals surface area contributed by atoms with E-state index in [0.29, 0.717) is 18.8 Å². The third-order valence-electron chi connectivity index (χ3n) is 5.08.